The number of alkyl halides is 3. The van der Waals surface area contributed by atoms with Crippen LogP contribution in [0.25, 0.3) is 0 Å². The van der Waals surface area contributed by atoms with E-state index in [9.17, 15) is 26.4 Å². The van der Waals surface area contributed by atoms with Gasteiger partial charge >= 0.3 is 6.18 Å². The Bertz CT molecular complexity index is 1020. The van der Waals surface area contributed by atoms with Crippen molar-refractivity contribution in [3.63, 3.8) is 0 Å². The predicted molar refractivity (Wildman–Crippen MR) is 109 cm³/mol. The van der Waals surface area contributed by atoms with Crippen LogP contribution < -0.4 is 5.32 Å². The van der Waals surface area contributed by atoms with Crippen molar-refractivity contribution in [2.45, 2.75) is 36.9 Å². The molecule has 2 aromatic carbocycles. The van der Waals surface area contributed by atoms with Gasteiger partial charge in [-0.15, -0.1) is 0 Å². The normalized spacial score (nSPS) is 13.3. The summed E-state index contributed by atoms with van der Waals surface area (Å²) in [6, 6.07) is 7.78. The first kappa shape index (κ1) is 24.2. The third kappa shape index (κ3) is 5.53. The van der Waals surface area contributed by atoms with Crippen molar-refractivity contribution in [2.75, 3.05) is 14.1 Å². The van der Waals surface area contributed by atoms with E-state index in [-0.39, 0.29) is 15.5 Å². The smallest absolute Gasteiger partial charge is 0.345 e. The Hall–Kier alpha value is -2.10. The van der Waals surface area contributed by atoms with Gasteiger partial charge in [0.1, 0.15) is 0 Å². The fourth-order valence-corrected chi connectivity index (χ4v) is 3.96. The maximum atomic E-state index is 13.1. The minimum atomic E-state index is -4.50. The topological polar surface area (TPSA) is 66.5 Å². The number of hydrogen-bond donors (Lipinski definition) is 1. The van der Waals surface area contributed by atoms with Gasteiger partial charge in [0.15, 0.2) is 0 Å². The molecule has 0 saturated heterocycles. The van der Waals surface area contributed by atoms with E-state index in [1.54, 1.807) is 0 Å². The largest absolute Gasteiger partial charge is 0.416 e. The van der Waals surface area contributed by atoms with E-state index in [0.29, 0.717) is 18.4 Å². The van der Waals surface area contributed by atoms with Gasteiger partial charge in [0.2, 0.25) is 10.0 Å². The van der Waals surface area contributed by atoms with Crippen molar-refractivity contribution in [3.8, 4) is 0 Å². The van der Waals surface area contributed by atoms with Gasteiger partial charge in [0.05, 0.1) is 27.1 Å². The molecule has 1 unspecified atom stereocenters. The molecule has 2 rings (SSSR count). The third-order valence-corrected chi connectivity index (χ3v) is 6.60. The summed E-state index contributed by atoms with van der Waals surface area (Å²) in [6.45, 7) is 1.84. The standard InChI is InChI=1S/C20H22ClF3N2O3S/c1-4-6-18(13-7-5-8-14(11-13)20(22,23)24)25-19(27)16-12-15(9-10-17(16)21)30(28,29)26(2)3/h5,7-12,18H,4,6H2,1-3H3,(H,25,27). The molecule has 164 valence electrons. The van der Waals surface area contributed by atoms with Crippen LogP contribution in [0.3, 0.4) is 0 Å². The van der Waals surface area contributed by atoms with Crippen molar-refractivity contribution in [1.29, 1.82) is 0 Å². The van der Waals surface area contributed by atoms with E-state index in [2.05, 4.69) is 5.32 Å². The third-order valence-electron chi connectivity index (χ3n) is 4.46. The molecule has 1 atom stereocenters. The lowest BCUT2D eigenvalue weighted by Gasteiger charge is -2.21. The van der Waals surface area contributed by atoms with Gasteiger partial charge in [0.25, 0.3) is 5.91 Å². The molecule has 0 aliphatic rings. The highest BCUT2D eigenvalue weighted by Gasteiger charge is 2.31. The fraction of sp³-hybridized carbons (Fsp3) is 0.350. The van der Waals surface area contributed by atoms with E-state index >= 15 is 0 Å². The Morgan fingerprint density at radius 2 is 1.83 bits per heavy atom. The maximum Gasteiger partial charge on any atom is 0.416 e. The van der Waals surface area contributed by atoms with E-state index in [1.807, 2.05) is 6.92 Å². The average Bonchev–Trinajstić information content (AvgIpc) is 2.67. The SMILES string of the molecule is CCCC(NC(=O)c1cc(S(=O)(=O)N(C)C)ccc1Cl)c1cccc(C(F)(F)F)c1. The number of carbonyl (C=O) groups excluding carboxylic acids is 1. The van der Waals surface area contributed by atoms with Crippen LogP contribution >= 0.6 is 11.6 Å². The van der Waals surface area contributed by atoms with Gasteiger partial charge in [-0.05, 0) is 42.3 Å². The number of nitrogens with one attached hydrogen (secondary N) is 1. The Kier molecular flexibility index (Phi) is 7.54. The number of rotatable bonds is 7. The summed E-state index contributed by atoms with van der Waals surface area (Å²) in [4.78, 5) is 12.7. The molecule has 0 radical (unpaired) electrons. The quantitative estimate of drug-likeness (QED) is 0.637. The van der Waals surface area contributed by atoms with Crippen molar-refractivity contribution in [2.24, 2.45) is 0 Å². The summed E-state index contributed by atoms with van der Waals surface area (Å²) < 4.78 is 64.8. The van der Waals surface area contributed by atoms with Crippen LogP contribution in [0.2, 0.25) is 5.02 Å². The van der Waals surface area contributed by atoms with Crippen LogP contribution in [-0.2, 0) is 16.2 Å². The number of benzene rings is 2. The summed E-state index contributed by atoms with van der Waals surface area (Å²) in [6.07, 6.45) is -3.51. The van der Waals surface area contributed by atoms with E-state index in [1.165, 1.54) is 38.4 Å². The summed E-state index contributed by atoms with van der Waals surface area (Å²) >= 11 is 6.09. The first-order valence-electron chi connectivity index (χ1n) is 9.08. The summed E-state index contributed by atoms with van der Waals surface area (Å²) in [5, 5.41) is 2.71. The zero-order valence-corrected chi connectivity index (χ0v) is 18.2. The monoisotopic (exact) mass is 462 g/mol. The number of halogens is 4. The molecule has 5 nitrogen and oxygen atoms in total. The molecular formula is C20H22ClF3N2O3S. The zero-order valence-electron chi connectivity index (χ0n) is 16.6. The first-order chi connectivity index (χ1) is 13.9. The minimum absolute atomic E-state index is 0.0319. The lowest BCUT2D eigenvalue weighted by molar-refractivity contribution is -0.137. The number of carbonyl (C=O) groups is 1. The van der Waals surface area contributed by atoms with Gasteiger partial charge in [-0.2, -0.15) is 13.2 Å². The highest BCUT2D eigenvalue weighted by atomic mass is 35.5. The molecule has 0 aromatic heterocycles. The van der Waals surface area contributed by atoms with Gasteiger partial charge < -0.3 is 5.32 Å². The Labute approximate surface area is 178 Å². The molecule has 0 aliphatic heterocycles. The van der Waals surface area contributed by atoms with E-state index in [4.69, 9.17) is 11.6 Å². The molecule has 0 bridgehead atoms. The van der Waals surface area contributed by atoms with Crippen LogP contribution in [-0.4, -0.2) is 32.7 Å². The molecule has 1 N–H and O–H groups in total. The molecule has 0 saturated carbocycles. The highest BCUT2D eigenvalue weighted by Crippen LogP contribution is 2.32. The second kappa shape index (κ2) is 9.36. The van der Waals surface area contributed by atoms with Crippen molar-refractivity contribution >= 4 is 27.5 Å². The number of amides is 1. The van der Waals surface area contributed by atoms with Crippen LogP contribution in [0.5, 0.6) is 0 Å². The molecule has 0 aliphatic carbocycles. The second-order valence-electron chi connectivity index (χ2n) is 6.87. The van der Waals surface area contributed by atoms with Gasteiger partial charge in [0, 0.05) is 14.1 Å². The Balaban J connectivity index is 2.39. The highest BCUT2D eigenvalue weighted by molar-refractivity contribution is 7.89. The van der Waals surface area contributed by atoms with E-state index < -0.39 is 33.7 Å². The fourth-order valence-electron chi connectivity index (χ4n) is 2.83. The van der Waals surface area contributed by atoms with Crippen LogP contribution in [0, 0.1) is 0 Å². The van der Waals surface area contributed by atoms with Gasteiger partial charge in [-0.1, -0.05) is 37.1 Å². The average molecular weight is 463 g/mol. The maximum absolute atomic E-state index is 13.1. The molecular weight excluding hydrogens is 441 g/mol. The number of hydrogen-bond acceptors (Lipinski definition) is 3. The summed E-state index contributed by atoms with van der Waals surface area (Å²) in [7, 11) is -1.08. The molecule has 0 heterocycles. The molecule has 1 amide bonds. The number of nitrogens with zero attached hydrogens (tertiary/aromatic N) is 1. The summed E-state index contributed by atoms with van der Waals surface area (Å²) in [5.41, 5.74) is -0.589. The van der Waals surface area contributed by atoms with Crippen molar-refractivity contribution in [1.82, 2.24) is 9.62 Å². The van der Waals surface area contributed by atoms with Crippen molar-refractivity contribution < 1.29 is 26.4 Å². The molecule has 10 heteroatoms. The summed E-state index contributed by atoms with van der Waals surface area (Å²) in [5.74, 6) is -0.674. The van der Waals surface area contributed by atoms with Crippen LogP contribution in [0.15, 0.2) is 47.4 Å². The Morgan fingerprint density at radius 3 is 2.40 bits per heavy atom. The molecule has 0 spiro atoms. The second-order valence-corrected chi connectivity index (χ2v) is 9.43. The predicted octanol–water partition coefficient (Wildman–Crippen LogP) is 4.88. The molecule has 0 fully saturated rings. The van der Waals surface area contributed by atoms with E-state index in [0.717, 1.165) is 22.5 Å². The van der Waals surface area contributed by atoms with Crippen LogP contribution in [0.1, 0.15) is 47.3 Å². The van der Waals surface area contributed by atoms with Crippen molar-refractivity contribution in [3.05, 3.63) is 64.2 Å². The lowest BCUT2D eigenvalue weighted by Crippen LogP contribution is -2.29. The lowest BCUT2D eigenvalue weighted by atomic mass is 9.99. The van der Waals surface area contributed by atoms with Gasteiger partial charge in [-0.25, -0.2) is 12.7 Å². The molecule has 30 heavy (non-hydrogen) atoms. The number of sulfonamides is 1. The zero-order chi connectivity index (χ0) is 22.7. The first-order valence-corrected chi connectivity index (χ1v) is 10.9. The minimum Gasteiger partial charge on any atom is -0.345 e. The van der Waals surface area contributed by atoms with Crippen LogP contribution in [0.4, 0.5) is 13.2 Å². The Morgan fingerprint density at radius 1 is 1.17 bits per heavy atom. The van der Waals surface area contributed by atoms with Gasteiger partial charge in [-0.3, -0.25) is 4.79 Å². The molecule has 2 aromatic rings.